The minimum absolute atomic E-state index is 0.102. The zero-order chi connectivity index (χ0) is 14.2. The van der Waals surface area contributed by atoms with E-state index in [0.717, 1.165) is 0 Å². The van der Waals surface area contributed by atoms with Gasteiger partial charge < -0.3 is 4.98 Å². The van der Waals surface area contributed by atoms with E-state index in [1.165, 1.54) is 5.94 Å². The Balaban J connectivity index is 2.91. The van der Waals surface area contributed by atoms with Crippen molar-refractivity contribution in [2.75, 3.05) is 0 Å². The average molecular weight is 266 g/mol. The molecule has 0 atom stereocenters. The van der Waals surface area contributed by atoms with Crippen molar-refractivity contribution < 1.29 is 18.0 Å². The lowest BCUT2D eigenvalue weighted by molar-refractivity contribution is 0.447. The second-order valence-corrected chi connectivity index (χ2v) is 3.60. The Morgan fingerprint density at radius 1 is 1.21 bits per heavy atom. The Morgan fingerprint density at radius 2 is 1.79 bits per heavy atom. The van der Waals surface area contributed by atoms with Crippen molar-refractivity contribution in [3.63, 3.8) is 0 Å². The number of H-pyrrole nitrogens is 1. The molecule has 0 aliphatic heterocycles. The fraction of sp³-hybridized carbons (Fsp3) is 0. The van der Waals surface area contributed by atoms with Crippen molar-refractivity contribution in [2.24, 2.45) is 0 Å². The number of halogens is 3. The number of aromatic amines is 1. The number of aromatic nitrogens is 2. The summed E-state index contributed by atoms with van der Waals surface area (Å²) >= 11 is 0. The lowest BCUT2D eigenvalue weighted by atomic mass is 10.1. The maximum Gasteiger partial charge on any atom is 0.346 e. The number of benzene rings is 1. The van der Waals surface area contributed by atoms with Gasteiger partial charge in [0.2, 0.25) is 0 Å². The van der Waals surface area contributed by atoms with Crippen LogP contribution in [0.2, 0.25) is 0 Å². The predicted molar refractivity (Wildman–Crippen MR) is 59.7 cm³/mol. The van der Waals surface area contributed by atoms with Gasteiger partial charge in [-0.05, 0) is 12.1 Å². The average Bonchev–Trinajstić information content (AvgIpc) is 2.34. The first-order valence-corrected chi connectivity index (χ1v) is 4.93. The van der Waals surface area contributed by atoms with Gasteiger partial charge >= 0.3 is 5.69 Å². The third kappa shape index (κ3) is 2.19. The summed E-state index contributed by atoms with van der Waals surface area (Å²) in [5.41, 5.74) is -1.43. The molecule has 96 valence electrons. The minimum atomic E-state index is -1.65. The fourth-order valence-corrected chi connectivity index (χ4v) is 1.53. The molecule has 7 heteroatoms. The van der Waals surface area contributed by atoms with Crippen molar-refractivity contribution in [3.8, 4) is 11.3 Å². The van der Waals surface area contributed by atoms with Crippen LogP contribution in [0, 0.1) is 17.5 Å². The van der Waals surface area contributed by atoms with E-state index >= 15 is 0 Å². The van der Waals surface area contributed by atoms with Crippen LogP contribution in [0.4, 0.5) is 13.2 Å². The van der Waals surface area contributed by atoms with Crippen LogP contribution in [0.15, 0.2) is 16.9 Å². The number of hydrogen-bond donors (Lipinski definition) is 1. The maximum absolute atomic E-state index is 13.1. The highest BCUT2D eigenvalue weighted by Crippen LogP contribution is 2.18. The van der Waals surface area contributed by atoms with Gasteiger partial charge in [0.1, 0.15) is 11.2 Å². The Hall–Kier alpha value is -2.66. The fourth-order valence-electron chi connectivity index (χ4n) is 1.53. The summed E-state index contributed by atoms with van der Waals surface area (Å²) in [7, 11) is 0. The molecule has 1 aromatic carbocycles. The third-order valence-electron chi connectivity index (χ3n) is 2.37. The highest BCUT2D eigenvalue weighted by Gasteiger charge is 2.14. The van der Waals surface area contributed by atoms with E-state index in [9.17, 15) is 22.8 Å². The summed E-state index contributed by atoms with van der Waals surface area (Å²) in [6, 6.07) is 1.25. The number of nitrogens with zero attached hydrogens (tertiary/aromatic N) is 1. The first-order valence-electron chi connectivity index (χ1n) is 4.93. The minimum Gasteiger partial charge on any atom is -0.305 e. The van der Waals surface area contributed by atoms with Crippen molar-refractivity contribution in [1.29, 1.82) is 0 Å². The van der Waals surface area contributed by atoms with E-state index in [0.29, 0.717) is 12.1 Å². The van der Waals surface area contributed by atoms with Crippen LogP contribution in [0.25, 0.3) is 17.8 Å². The van der Waals surface area contributed by atoms with Gasteiger partial charge in [-0.15, -0.1) is 0 Å². The summed E-state index contributed by atoms with van der Waals surface area (Å²) in [5.74, 6) is -3.11. The molecule has 0 aliphatic rings. The van der Waals surface area contributed by atoms with Gasteiger partial charge in [0.25, 0.3) is 0 Å². The highest BCUT2D eigenvalue weighted by atomic mass is 19.2. The van der Waals surface area contributed by atoms with Crippen LogP contribution in [0.5, 0.6) is 0 Å². The molecule has 0 unspecified atom stereocenters. The zero-order valence-electron chi connectivity index (χ0n) is 9.26. The number of carbonyl (C=O) groups excluding carboxylic acids is 1. The molecule has 2 aromatic rings. The molecule has 1 heterocycles. The van der Waals surface area contributed by atoms with Gasteiger partial charge in [0, 0.05) is 5.56 Å². The zero-order valence-corrected chi connectivity index (χ0v) is 9.26. The summed E-state index contributed by atoms with van der Waals surface area (Å²) in [6.07, 6.45) is 0. The van der Waals surface area contributed by atoms with Gasteiger partial charge in [-0.3, -0.25) is 0 Å². The van der Waals surface area contributed by atoms with Crippen LogP contribution < -0.4 is 16.3 Å². The quantitative estimate of drug-likeness (QED) is 0.725. The Bertz CT molecular complexity index is 831. The van der Waals surface area contributed by atoms with Crippen molar-refractivity contribution in [2.45, 2.75) is 0 Å². The molecule has 0 aliphatic carbocycles. The van der Waals surface area contributed by atoms with Crippen LogP contribution in [-0.2, 0) is 4.79 Å². The van der Waals surface area contributed by atoms with Gasteiger partial charge in [0.05, 0.1) is 11.0 Å². The molecule has 0 saturated heterocycles. The normalized spacial score (nSPS) is 10.3. The maximum atomic E-state index is 13.1. The Labute approximate surface area is 103 Å². The second-order valence-electron chi connectivity index (χ2n) is 3.60. The van der Waals surface area contributed by atoms with Crippen LogP contribution in [-0.4, -0.2) is 15.9 Å². The summed E-state index contributed by atoms with van der Waals surface area (Å²) in [4.78, 5) is 27.5. The highest BCUT2D eigenvalue weighted by molar-refractivity contribution is 5.65. The molecular weight excluding hydrogens is 261 g/mol. The van der Waals surface area contributed by atoms with E-state index < -0.39 is 23.1 Å². The molecule has 0 amide bonds. The van der Waals surface area contributed by atoms with E-state index in [1.54, 1.807) is 0 Å². The molecule has 0 spiro atoms. The molecule has 4 nitrogen and oxygen atoms in total. The van der Waals surface area contributed by atoms with Crippen LogP contribution in [0.1, 0.15) is 0 Å². The van der Waals surface area contributed by atoms with Crippen molar-refractivity contribution in [3.05, 3.63) is 50.6 Å². The van der Waals surface area contributed by atoms with Gasteiger partial charge in [-0.2, -0.15) is 4.98 Å². The van der Waals surface area contributed by atoms with Gasteiger partial charge in [0.15, 0.2) is 17.5 Å². The van der Waals surface area contributed by atoms with Crippen molar-refractivity contribution >= 4 is 12.5 Å². The Morgan fingerprint density at radius 3 is 2.32 bits per heavy atom. The van der Waals surface area contributed by atoms with E-state index in [1.807, 2.05) is 0 Å². The van der Waals surface area contributed by atoms with E-state index in [2.05, 4.69) is 16.5 Å². The summed E-state index contributed by atoms with van der Waals surface area (Å²) in [6.45, 7) is 3.38. The van der Waals surface area contributed by atoms with Gasteiger partial charge in [-0.1, -0.05) is 6.58 Å². The Kier molecular flexibility index (Phi) is 3.06. The SMILES string of the molecule is C=c1[nH]c(=O)nc(-c2cc(F)c(F)c(F)c2)c1=C=O. The number of rotatable bonds is 1. The van der Waals surface area contributed by atoms with E-state index in [4.69, 9.17) is 0 Å². The molecule has 0 bridgehead atoms. The van der Waals surface area contributed by atoms with Crippen molar-refractivity contribution in [1.82, 2.24) is 9.97 Å². The standard InChI is InChI=1S/C12H5F3N2O2/c1-5-7(4-18)11(17-12(19)16-5)6-2-8(13)10(15)9(14)3-6/h2-3H,1H2,(H,16,19). The second kappa shape index (κ2) is 4.55. The van der Waals surface area contributed by atoms with Crippen LogP contribution >= 0.6 is 0 Å². The summed E-state index contributed by atoms with van der Waals surface area (Å²) < 4.78 is 39.1. The molecular formula is C12H5F3N2O2. The predicted octanol–water partition coefficient (Wildman–Crippen LogP) is -0.232. The smallest absolute Gasteiger partial charge is 0.305 e. The topological polar surface area (TPSA) is 62.8 Å². The summed E-state index contributed by atoms with van der Waals surface area (Å²) in [5, 5.41) is -0.361. The number of hydrogen-bond acceptors (Lipinski definition) is 3. The molecule has 1 aromatic heterocycles. The lowest BCUT2D eigenvalue weighted by Gasteiger charge is -2.02. The lowest BCUT2D eigenvalue weighted by Crippen LogP contribution is -2.38. The molecule has 0 fully saturated rings. The molecule has 1 N–H and O–H groups in total. The van der Waals surface area contributed by atoms with E-state index in [-0.39, 0.29) is 21.8 Å². The molecule has 0 saturated carbocycles. The monoisotopic (exact) mass is 266 g/mol. The van der Waals surface area contributed by atoms with Crippen LogP contribution in [0.3, 0.4) is 0 Å². The molecule has 19 heavy (non-hydrogen) atoms. The largest absolute Gasteiger partial charge is 0.346 e. The molecule has 0 radical (unpaired) electrons. The first-order chi connectivity index (χ1) is 8.93. The molecule has 2 rings (SSSR count). The number of nitrogens with one attached hydrogen (secondary N) is 1. The first kappa shape index (κ1) is 12.8. The third-order valence-corrected chi connectivity index (χ3v) is 2.37. The van der Waals surface area contributed by atoms with Gasteiger partial charge in [-0.25, -0.2) is 22.8 Å².